The molecule has 3 aromatic heterocycles. The second-order valence-corrected chi connectivity index (χ2v) is 7.91. The monoisotopic (exact) mass is 403 g/mol. The number of nitrogens with zero attached hydrogens (tertiary/aromatic N) is 3. The van der Waals surface area contributed by atoms with E-state index in [1.54, 1.807) is 29.7 Å². The lowest BCUT2D eigenvalue weighted by Crippen LogP contribution is -2.08. The van der Waals surface area contributed by atoms with Gasteiger partial charge in [-0.3, -0.25) is 0 Å². The molecule has 0 aliphatic rings. The molecule has 8 heteroatoms. The molecule has 0 bridgehead atoms. The zero-order valence-corrected chi connectivity index (χ0v) is 17.2. The van der Waals surface area contributed by atoms with Crippen LogP contribution >= 0.6 is 23.1 Å². The number of thioether (sulfide) groups is 1. The van der Waals surface area contributed by atoms with Crippen molar-refractivity contribution in [2.45, 2.75) is 51.0 Å². The Bertz CT molecular complexity index is 901. The van der Waals surface area contributed by atoms with E-state index in [9.17, 15) is 4.79 Å². The van der Waals surface area contributed by atoms with Crippen LogP contribution in [0.2, 0.25) is 0 Å². The van der Waals surface area contributed by atoms with Crippen molar-refractivity contribution >= 4 is 29.1 Å². The molecule has 0 N–H and O–H groups in total. The fraction of sp³-hybridized carbons (Fsp3) is 0.368. The average molecular weight is 404 g/mol. The summed E-state index contributed by atoms with van der Waals surface area (Å²) in [6, 6.07) is 3.47. The SMILES string of the molecule is CCCc1nc(COC(=O)c2cccnc2SCc2c(C)noc2C)cs1. The average Bonchev–Trinajstić information content (AvgIpc) is 3.25. The lowest BCUT2D eigenvalue weighted by molar-refractivity contribution is 0.0463. The number of carbonyl (C=O) groups is 1. The molecule has 6 nitrogen and oxygen atoms in total. The van der Waals surface area contributed by atoms with Crippen LogP contribution in [-0.2, 0) is 23.5 Å². The lowest BCUT2D eigenvalue weighted by Gasteiger charge is -2.08. The maximum atomic E-state index is 12.5. The van der Waals surface area contributed by atoms with E-state index in [-0.39, 0.29) is 6.61 Å². The number of rotatable bonds is 8. The van der Waals surface area contributed by atoms with Crippen LogP contribution in [0.5, 0.6) is 0 Å². The quantitative estimate of drug-likeness (QED) is 0.397. The van der Waals surface area contributed by atoms with Crippen molar-refractivity contribution in [1.82, 2.24) is 15.1 Å². The highest BCUT2D eigenvalue weighted by molar-refractivity contribution is 7.98. The van der Waals surface area contributed by atoms with Crippen LogP contribution in [0.4, 0.5) is 0 Å². The molecular weight excluding hydrogens is 382 g/mol. The van der Waals surface area contributed by atoms with Crippen LogP contribution in [0.15, 0.2) is 33.3 Å². The van der Waals surface area contributed by atoms with Gasteiger partial charge in [-0.05, 0) is 38.8 Å². The van der Waals surface area contributed by atoms with Gasteiger partial charge in [0.2, 0.25) is 0 Å². The lowest BCUT2D eigenvalue weighted by atomic mass is 10.2. The first-order valence-corrected chi connectivity index (χ1v) is 10.5. The Kier molecular flexibility index (Phi) is 6.63. The van der Waals surface area contributed by atoms with Crippen molar-refractivity contribution in [3.05, 3.63) is 57.0 Å². The van der Waals surface area contributed by atoms with E-state index in [2.05, 4.69) is 22.0 Å². The van der Waals surface area contributed by atoms with Crippen LogP contribution in [0, 0.1) is 13.8 Å². The van der Waals surface area contributed by atoms with Crippen molar-refractivity contribution in [3.8, 4) is 0 Å². The summed E-state index contributed by atoms with van der Waals surface area (Å²) >= 11 is 3.07. The molecule has 0 spiro atoms. The zero-order valence-electron chi connectivity index (χ0n) is 15.5. The van der Waals surface area contributed by atoms with Crippen LogP contribution in [-0.4, -0.2) is 21.1 Å². The van der Waals surface area contributed by atoms with E-state index < -0.39 is 5.97 Å². The number of ether oxygens (including phenoxy) is 1. The van der Waals surface area contributed by atoms with E-state index in [1.165, 1.54) is 11.8 Å². The predicted octanol–water partition coefficient (Wildman–Crippen LogP) is 4.74. The number of hydrogen-bond acceptors (Lipinski definition) is 8. The predicted molar refractivity (Wildman–Crippen MR) is 105 cm³/mol. The van der Waals surface area contributed by atoms with Gasteiger partial charge in [-0.15, -0.1) is 23.1 Å². The highest BCUT2D eigenvalue weighted by atomic mass is 32.2. The molecule has 0 aliphatic heterocycles. The molecule has 27 heavy (non-hydrogen) atoms. The molecule has 0 saturated carbocycles. The second kappa shape index (κ2) is 9.14. The minimum Gasteiger partial charge on any atom is -0.455 e. The van der Waals surface area contributed by atoms with Gasteiger partial charge in [0.25, 0.3) is 0 Å². The first-order chi connectivity index (χ1) is 13.1. The molecule has 0 saturated heterocycles. The number of aromatic nitrogens is 3. The van der Waals surface area contributed by atoms with E-state index in [1.807, 2.05) is 19.2 Å². The Morgan fingerprint density at radius 3 is 2.96 bits per heavy atom. The summed E-state index contributed by atoms with van der Waals surface area (Å²) < 4.78 is 10.6. The highest BCUT2D eigenvalue weighted by Crippen LogP contribution is 2.27. The van der Waals surface area contributed by atoms with Crippen molar-refractivity contribution in [2.24, 2.45) is 0 Å². The van der Waals surface area contributed by atoms with E-state index in [4.69, 9.17) is 9.26 Å². The molecule has 3 heterocycles. The number of aryl methyl sites for hydroxylation is 3. The molecule has 0 unspecified atom stereocenters. The summed E-state index contributed by atoms with van der Waals surface area (Å²) in [5.74, 6) is 1.02. The van der Waals surface area contributed by atoms with Gasteiger partial charge in [0.15, 0.2) is 0 Å². The van der Waals surface area contributed by atoms with Crippen molar-refractivity contribution in [3.63, 3.8) is 0 Å². The molecule has 0 atom stereocenters. The van der Waals surface area contributed by atoms with Gasteiger partial charge < -0.3 is 9.26 Å². The Morgan fingerprint density at radius 2 is 2.22 bits per heavy atom. The van der Waals surface area contributed by atoms with Crippen LogP contribution < -0.4 is 0 Å². The van der Waals surface area contributed by atoms with Crippen molar-refractivity contribution in [1.29, 1.82) is 0 Å². The first-order valence-electron chi connectivity index (χ1n) is 8.68. The van der Waals surface area contributed by atoms with Gasteiger partial charge in [0, 0.05) is 22.9 Å². The molecule has 3 rings (SSSR count). The first kappa shape index (κ1) is 19.6. The molecule has 0 radical (unpaired) electrons. The number of carbonyl (C=O) groups excluding carboxylic acids is 1. The molecule has 142 valence electrons. The summed E-state index contributed by atoms with van der Waals surface area (Å²) in [5.41, 5.74) is 3.12. The van der Waals surface area contributed by atoms with Crippen molar-refractivity contribution < 1.29 is 14.1 Å². The fourth-order valence-corrected chi connectivity index (χ4v) is 4.49. The van der Waals surface area contributed by atoms with Gasteiger partial charge in [-0.25, -0.2) is 14.8 Å². The molecule has 0 fully saturated rings. The number of hydrogen-bond donors (Lipinski definition) is 0. The van der Waals surface area contributed by atoms with Gasteiger partial charge in [0.05, 0.1) is 22.0 Å². The van der Waals surface area contributed by atoms with E-state index in [0.29, 0.717) is 16.3 Å². The van der Waals surface area contributed by atoms with E-state index in [0.717, 1.165) is 40.6 Å². The maximum Gasteiger partial charge on any atom is 0.341 e. The minimum absolute atomic E-state index is 0.169. The zero-order chi connectivity index (χ0) is 19.2. The Balaban J connectivity index is 1.64. The van der Waals surface area contributed by atoms with Crippen LogP contribution in [0.25, 0.3) is 0 Å². The maximum absolute atomic E-state index is 12.5. The largest absolute Gasteiger partial charge is 0.455 e. The number of pyridine rings is 1. The molecular formula is C19H21N3O3S2. The summed E-state index contributed by atoms with van der Waals surface area (Å²) in [5, 5.41) is 7.60. The van der Waals surface area contributed by atoms with Crippen LogP contribution in [0.3, 0.4) is 0 Å². The Morgan fingerprint density at radius 1 is 1.37 bits per heavy atom. The van der Waals surface area contributed by atoms with Gasteiger partial charge >= 0.3 is 5.97 Å². The number of thiazole rings is 1. The third-order valence-electron chi connectivity index (χ3n) is 3.94. The van der Waals surface area contributed by atoms with Gasteiger partial charge in [-0.2, -0.15) is 0 Å². The summed E-state index contributed by atoms with van der Waals surface area (Å²) in [4.78, 5) is 21.4. The normalized spacial score (nSPS) is 10.9. The Hall–Kier alpha value is -2.19. The fourth-order valence-electron chi connectivity index (χ4n) is 2.47. The van der Waals surface area contributed by atoms with Crippen LogP contribution in [0.1, 0.15) is 51.4 Å². The number of esters is 1. The third kappa shape index (κ3) is 4.95. The Labute approximate surface area is 166 Å². The highest BCUT2D eigenvalue weighted by Gasteiger charge is 2.17. The van der Waals surface area contributed by atoms with Gasteiger partial charge in [-0.1, -0.05) is 12.1 Å². The summed E-state index contributed by atoms with van der Waals surface area (Å²) in [6.45, 7) is 6.07. The third-order valence-corrected chi connectivity index (χ3v) is 5.93. The molecule has 3 aromatic rings. The van der Waals surface area contributed by atoms with Gasteiger partial charge in [0.1, 0.15) is 17.4 Å². The standard InChI is InChI=1S/C19H21N3O3S2/c1-4-6-17-21-14(10-26-17)9-24-19(23)15-7-5-8-20-18(15)27-11-16-12(2)22-25-13(16)3/h5,7-8,10H,4,6,9,11H2,1-3H3. The summed E-state index contributed by atoms with van der Waals surface area (Å²) in [6.07, 6.45) is 3.67. The van der Waals surface area contributed by atoms with Crippen molar-refractivity contribution in [2.75, 3.05) is 0 Å². The molecule has 0 aromatic carbocycles. The molecule has 0 amide bonds. The smallest absolute Gasteiger partial charge is 0.341 e. The summed E-state index contributed by atoms with van der Waals surface area (Å²) in [7, 11) is 0. The van der Waals surface area contributed by atoms with E-state index >= 15 is 0 Å². The topological polar surface area (TPSA) is 78.1 Å². The minimum atomic E-state index is -0.394. The second-order valence-electron chi connectivity index (χ2n) is 6.01. The molecule has 0 aliphatic carbocycles.